The summed E-state index contributed by atoms with van der Waals surface area (Å²) < 4.78 is 1.54. The summed E-state index contributed by atoms with van der Waals surface area (Å²) in [6, 6.07) is 0. The van der Waals surface area contributed by atoms with E-state index in [1.807, 2.05) is 4.90 Å². The Morgan fingerprint density at radius 1 is 1.28 bits per heavy atom. The van der Waals surface area contributed by atoms with Gasteiger partial charge in [-0.05, 0) is 13.0 Å². The van der Waals surface area contributed by atoms with Crippen molar-refractivity contribution in [2.75, 3.05) is 39.3 Å². The number of aliphatic hydroxyl groups excluding tert-OH is 1. The molecule has 0 radical (unpaired) electrons. The minimum Gasteiger partial charge on any atom is -0.395 e. The zero-order valence-electron chi connectivity index (χ0n) is 10.4. The quantitative estimate of drug-likeness (QED) is 0.730. The summed E-state index contributed by atoms with van der Waals surface area (Å²) in [4.78, 5) is 16.1. The number of nitrogens with zero attached hydrogens (tertiary/aromatic N) is 5. The van der Waals surface area contributed by atoms with Crippen LogP contribution in [0, 0.1) is 0 Å². The molecule has 0 aromatic carbocycles. The van der Waals surface area contributed by atoms with Gasteiger partial charge in [0.1, 0.15) is 6.54 Å². The lowest BCUT2D eigenvalue weighted by Gasteiger charge is -2.21. The number of aliphatic hydroxyl groups is 1. The van der Waals surface area contributed by atoms with Crippen LogP contribution in [-0.4, -0.2) is 75.1 Å². The van der Waals surface area contributed by atoms with E-state index < -0.39 is 0 Å². The Hall–Kier alpha value is -1.47. The molecule has 0 saturated carbocycles. The number of carbonyl (C=O) groups excluding carboxylic acids is 1. The van der Waals surface area contributed by atoms with E-state index in [9.17, 15) is 4.79 Å². The molecule has 0 spiro atoms. The average molecular weight is 253 g/mol. The molecule has 1 saturated heterocycles. The Kier molecular flexibility index (Phi) is 4.66. The molecule has 1 aromatic heterocycles. The number of aromatic nitrogens is 3. The highest BCUT2D eigenvalue weighted by Gasteiger charge is 2.19. The molecule has 0 aliphatic carbocycles. The van der Waals surface area contributed by atoms with Gasteiger partial charge in [-0.15, -0.1) is 5.10 Å². The standard InChI is InChI=1S/C11H19N5O2/c17-9-8-14-3-1-4-15(7-6-14)11(18)10-16-5-2-12-13-16/h2,5,17H,1,3-4,6-10H2. The highest BCUT2D eigenvalue weighted by molar-refractivity contribution is 5.75. The molecular weight excluding hydrogens is 234 g/mol. The van der Waals surface area contributed by atoms with Crippen LogP contribution in [0.25, 0.3) is 0 Å². The maximum Gasteiger partial charge on any atom is 0.244 e. The van der Waals surface area contributed by atoms with Crippen molar-refractivity contribution in [1.82, 2.24) is 24.8 Å². The molecule has 0 bridgehead atoms. The summed E-state index contributed by atoms with van der Waals surface area (Å²) in [6.07, 6.45) is 4.20. The van der Waals surface area contributed by atoms with Gasteiger partial charge >= 0.3 is 0 Å². The minimum atomic E-state index is 0.0753. The molecule has 0 atom stereocenters. The van der Waals surface area contributed by atoms with Gasteiger partial charge in [-0.2, -0.15) is 0 Å². The van der Waals surface area contributed by atoms with Crippen LogP contribution in [0.4, 0.5) is 0 Å². The molecule has 0 unspecified atom stereocenters. The van der Waals surface area contributed by atoms with Crippen LogP contribution in [0.15, 0.2) is 12.4 Å². The van der Waals surface area contributed by atoms with Crippen molar-refractivity contribution in [3.8, 4) is 0 Å². The summed E-state index contributed by atoms with van der Waals surface area (Å²) in [5.41, 5.74) is 0. The van der Waals surface area contributed by atoms with E-state index in [-0.39, 0.29) is 19.1 Å². The molecular formula is C11H19N5O2. The molecule has 1 aromatic rings. The third-order valence-electron chi connectivity index (χ3n) is 3.13. The lowest BCUT2D eigenvalue weighted by Crippen LogP contribution is -2.37. The molecule has 1 amide bonds. The molecule has 2 rings (SSSR count). The van der Waals surface area contributed by atoms with Crippen molar-refractivity contribution in [3.05, 3.63) is 12.4 Å². The van der Waals surface area contributed by atoms with Gasteiger partial charge in [0, 0.05) is 32.4 Å². The first kappa shape index (κ1) is 13.0. The van der Waals surface area contributed by atoms with Crippen molar-refractivity contribution in [2.45, 2.75) is 13.0 Å². The fourth-order valence-electron chi connectivity index (χ4n) is 2.14. The van der Waals surface area contributed by atoms with E-state index in [0.717, 1.165) is 26.1 Å². The first-order valence-electron chi connectivity index (χ1n) is 6.24. The Balaban J connectivity index is 1.83. The highest BCUT2D eigenvalue weighted by atomic mass is 16.3. The van der Waals surface area contributed by atoms with Crippen LogP contribution in [-0.2, 0) is 11.3 Å². The fourth-order valence-corrected chi connectivity index (χ4v) is 2.14. The van der Waals surface area contributed by atoms with Gasteiger partial charge in [0.05, 0.1) is 12.8 Å². The van der Waals surface area contributed by atoms with Gasteiger partial charge in [-0.3, -0.25) is 9.69 Å². The maximum atomic E-state index is 12.1. The maximum absolute atomic E-state index is 12.1. The van der Waals surface area contributed by atoms with Crippen molar-refractivity contribution < 1.29 is 9.90 Å². The van der Waals surface area contributed by atoms with E-state index >= 15 is 0 Å². The van der Waals surface area contributed by atoms with Crippen LogP contribution in [0.3, 0.4) is 0 Å². The summed E-state index contributed by atoms with van der Waals surface area (Å²) >= 11 is 0. The summed E-state index contributed by atoms with van der Waals surface area (Å²) in [5.74, 6) is 0.0753. The molecule has 7 nitrogen and oxygen atoms in total. The van der Waals surface area contributed by atoms with Gasteiger partial charge in [-0.25, -0.2) is 4.68 Å². The van der Waals surface area contributed by atoms with Crippen molar-refractivity contribution in [1.29, 1.82) is 0 Å². The third kappa shape index (κ3) is 3.51. The second-order valence-corrected chi connectivity index (χ2v) is 4.40. The predicted octanol–water partition coefficient (Wildman–Crippen LogP) is -1.20. The van der Waals surface area contributed by atoms with Crippen molar-refractivity contribution in [2.24, 2.45) is 0 Å². The van der Waals surface area contributed by atoms with Crippen LogP contribution >= 0.6 is 0 Å². The molecule has 1 fully saturated rings. The molecule has 100 valence electrons. The second-order valence-electron chi connectivity index (χ2n) is 4.40. The predicted molar refractivity (Wildman–Crippen MR) is 64.7 cm³/mol. The number of hydrogen-bond donors (Lipinski definition) is 1. The molecule has 7 heteroatoms. The van der Waals surface area contributed by atoms with Crippen molar-refractivity contribution >= 4 is 5.91 Å². The lowest BCUT2D eigenvalue weighted by atomic mass is 10.3. The van der Waals surface area contributed by atoms with E-state index in [0.29, 0.717) is 13.1 Å². The minimum absolute atomic E-state index is 0.0753. The van der Waals surface area contributed by atoms with Gasteiger partial charge < -0.3 is 10.0 Å². The number of amides is 1. The van der Waals surface area contributed by atoms with Crippen molar-refractivity contribution in [3.63, 3.8) is 0 Å². The van der Waals surface area contributed by atoms with E-state index in [4.69, 9.17) is 5.11 Å². The van der Waals surface area contributed by atoms with Crippen LogP contribution < -0.4 is 0 Å². The molecule has 18 heavy (non-hydrogen) atoms. The Labute approximate surface area is 106 Å². The molecule has 2 heterocycles. The van der Waals surface area contributed by atoms with Gasteiger partial charge in [-0.1, -0.05) is 5.21 Å². The first-order valence-corrected chi connectivity index (χ1v) is 6.24. The third-order valence-corrected chi connectivity index (χ3v) is 3.13. The molecule has 1 N–H and O–H groups in total. The largest absolute Gasteiger partial charge is 0.395 e. The van der Waals surface area contributed by atoms with E-state index in [1.54, 1.807) is 17.1 Å². The van der Waals surface area contributed by atoms with Gasteiger partial charge in [0.15, 0.2) is 0 Å². The lowest BCUT2D eigenvalue weighted by molar-refractivity contribution is -0.131. The number of rotatable bonds is 4. The van der Waals surface area contributed by atoms with Crippen LogP contribution in [0.5, 0.6) is 0 Å². The Morgan fingerprint density at radius 3 is 2.89 bits per heavy atom. The topological polar surface area (TPSA) is 74.5 Å². The van der Waals surface area contributed by atoms with E-state index in [1.165, 1.54) is 0 Å². The second kappa shape index (κ2) is 6.46. The number of carbonyl (C=O) groups is 1. The monoisotopic (exact) mass is 253 g/mol. The summed E-state index contributed by atoms with van der Waals surface area (Å²) in [6.45, 7) is 4.36. The zero-order valence-corrected chi connectivity index (χ0v) is 10.4. The average Bonchev–Trinajstić information content (AvgIpc) is 2.74. The Morgan fingerprint density at radius 2 is 2.17 bits per heavy atom. The molecule has 1 aliphatic heterocycles. The SMILES string of the molecule is O=C(Cn1ccnn1)N1CCCN(CCO)CC1. The van der Waals surface area contributed by atoms with E-state index in [2.05, 4.69) is 15.2 Å². The smallest absolute Gasteiger partial charge is 0.244 e. The summed E-state index contributed by atoms with van der Waals surface area (Å²) in [7, 11) is 0. The Bertz CT molecular complexity index is 368. The van der Waals surface area contributed by atoms with Crippen LogP contribution in [0.1, 0.15) is 6.42 Å². The molecule has 1 aliphatic rings. The first-order chi connectivity index (χ1) is 8.79. The number of β-amino-alcohol motifs (C(OH)–C–C–N with tert-alkyl or cyclic N) is 1. The highest BCUT2D eigenvalue weighted by Crippen LogP contribution is 2.04. The fraction of sp³-hybridized carbons (Fsp3) is 0.727. The summed E-state index contributed by atoms with van der Waals surface area (Å²) in [5, 5.41) is 16.4. The van der Waals surface area contributed by atoms with Gasteiger partial charge in [0.25, 0.3) is 0 Å². The number of hydrogen-bond acceptors (Lipinski definition) is 5. The normalized spacial score (nSPS) is 17.7. The zero-order chi connectivity index (χ0) is 12.8. The van der Waals surface area contributed by atoms with Crippen LogP contribution in [0.2, 0.25) is 0 Å². The van der Waals surface area contributed by atoms with Gasteiger partial charge in [0.2, 0.25) is 5.91 Å².